The van der Waals surface area contributed by atoms with Crippen molar-refractivity contribution >= 4 is 0 Å². The minimum atomic E-state index is -0.634. The Hall–Kier alpha value is -2.04. The molecule has 0 bridgehead atoms. The fourth-order valence-electron chi connectivity index (χ4n) is 3.00. The van der Waals surface area contributed by atoms with E-state index in [0.29, 0.717) is 0 Å². The van der Waals surface area contributed by atoms with Crippen molar-refractivity contribution in [3.05, 3.63) is 59.7 Å². The van der Waals surface area contributed by atoms with E-state index in [1.165, 1.54) is 0 Å². The number of benzene rings is 2. The van der Waals surface area contributed by atoms with Gasteiger partial charge in [-0.25, -0.2) is 0 Å². The molecule has 1 aliphatic heterocycles. The number of hydrogen-bond donors (Lipinski definition) is 3. The molecular formula is C19H23NO3. The molecule has 4 heteroatoms. The largest absolute Gasteiger partial charge is 0.508 e. The number of aliphatic hydroxyl groups excluding tert-OH is 1. The normalized spacial score (nSPS) is 22.2. The molecule has 122 valence electrons. The van der Waals surface area contributed by atoms with Gasteiger partial charge in [-0.2, -0.15) is 0 Å². The van der Waals surface area contributed by atoms with Crippen LogP contribution in [0.3, 0.4) is 0 Å². The van der Waals surface area contributed by atoms with E-state index < -0.39 is 11.7 Å². The number of para-hydroxylation sites is 1. The topological polar surface area (TPSA) is 61.7 Å². The SMILES string of the molecule is CC1(C)Oc2ccccc2C(NCCc2ccc(O)cc2)C1O. The van der Waals surface area contributed by atoms with Crippen LogP contribution in [0, 0.1) is 0 Å². The fourth-order valence-corrected chi connectivity index (χ4v) is 3.00. The maximum Gasteiger partial charge on any atom is 0.131 e. The zero-order valence-electron chi connectivity index (χ0n) is 13.5. The number of aliphatic hydroxyl groups is 1. The highest BCUT2D eigenvalue weighted by Gasteiger charge is 2.42. The molecule has 0 saturated carbocycles. The van der Waals surface area contributed by atoms with Gasteiger partial charge in [-0.3, -0.25) is 0 Å². The third kappa shape index (κ3) is 3.33. The molecule has 0 amide bonds. The highest BCUT2D eigenvalue weighted by atomic mass is 16.5. The van der Waals surface area contributed by atoms with Crippen LogP contribution in [-0.4, -0.2) is 28.5 Å². The van der Waals surface area contributed by atoms with Crippen molar-refractivity contribution in [3.63, 3.8) is 0 Å². The molecule has 2 unspecified atom stereocenters. The van der Waals surface area contributed by atoms with Crippen molar-refractivity contribution < 1.29 is 14.9 Å². The predicted octanol–water partition coefficient (Wildman–Crippen LogP) is 2.80. The molecule has 0 saturated heterocycles. The van der Waals surface area contributed by atoms with E-state index in [4.69, 9.17) is 4.74 Å². The molecule has 0 spiro atoms. The van der Waals surface area contributed by atoms with E-state index in [1.807, 2.05) is 50.2 Å². The van der Waals surface area contributed by atoms with Crippen LogP contribution in [0.5, 0.6) is 11.5 Å². The van der Waals surface area contributed by atoms with E-state index >= 15 is 0 Å². The third-order valence-corrected chi connectivity index (χ3v) is 4.37. The number of ether oxygens (including phenoxy) is 1. The van der Waals surface area contributed by atoms with E-state index in [-0.39, 0.29) is 11.8 Å². The number of phenolic OH excluding ortho intramolecular Hbond substituents is 1. The van der Waals surface area contributed by atoms with Crippen molar-refractivity contribution in [2.45, 2.75) is 38.0 Å². The molecule has 1 heterocycles. The van der Waals surface area contributed by atoms with Gasteiger partial charge in [-0.15, -0.1) is 0 Å². The Kier molecular flexibility index (Phi) is 4.28. The molecule has 1 aliphatic rings. The number of nitrogens with one attached hydrogen (secondary N) is 1. The summed E-state index contributed by atoms with van der Waals surface area (Å²) < 4.78 is 5.92. The molecule has 2 atom stereocenters. The summed E-state index contributed by atoms with van der Waals surface area (Å²) in [5.74, 6) is 1.10. The second-order valence-electron chi connectivity index (χ2n) is 6.54. The molecule has 3 rings (SSSR count). The zero-order chi connectivity index (χ0) is 16.4. The van der Waals surface area contributed by atoms with Crippen LogP contribution in [-0.2, 0) is 6.42 Å². The van der Waals surface area contributed by atoms with Crippen molar-refractivity contribution in [2.75, 3.05) is 6.54 Å². The average molecular weight is 313 g/mol. The average Bonchev–Trinajstić information content (AvgIpc) is 2.52. The Bertz CT molecular complexity index is 667. The second-order valence-corrected chi connectivity index (χ2v) is 6.54. The molecule has 2 aromatic rings. The first-order valence-corrected chi connectivity index (χ1v) is 7.95. The lowest BCUT2D eigenvalue weighted by atomic mass is 9.86. The van der Waals surface area contributed by atoms with Gasteiger partial charge in [-0.05, 0) is 50.6 Å². The van der Waals surface area contributed by atoms with Gasteiger partial charge in [0.25, 0.3) is 0 Å². The third-order valence-electron chi connectivity index (χ3n) is 4.37. The van der Waals surface area contributed by atoms with Gasteiger partial charge in [0.05, 0.1) is 6.04 Å². The predicted molar refractivity (Wildman–Crippen MR) is 89.7 cm³/mol. The molecule has 0 fully saturated rings. The second kappa shape index (κ2) is 6.22. The van der Waals surface area contributed by atoms with Gasteiger partial charge in [0.2, 0.25) is 0 Å². The van der Waals surface area contributed by atoms with Gasteiger partial charge >= 0.3 is 0 Å². The Morgan fingerprint density at radius 1 is 1.09 bits per heavy atom. The minimum absolute atomic E-state index is 0.160. The molecule has 4 nitrogen and oxygen atoms in total. The summed E-state index contributed by atoms with van der Waals surface area (Å²) in [6.45, 7) is 4.54. The summed E-state index contributed by atoms with van der Waals surface area (Å²) in [4.78, 5) is 0. The molecule has 3 N–H and O–H groups in total. The molecule has 0 aromatic heterocycles. The summed E-state index contributed by atoms with van der Waals surface area (Å²) >= 11 is 0. The van der Waals surface area contributed by atoms with Crippen molar-refractivity contribution in [1.82, 2.24) is 5.32 Å². The lowest BCUT2D eigenvalue weighted by molar-refractivity contribution is -0.0643. The van der Waals surface area contributed by atoms with Crippen LogP contribution in [0.2, 0.25) is 0 Å². The first-order chi connectivity index (χ1) is 11.0. The van der Waals surface area contributed by atoms with Crippen LogP contribution >= 0.6 is 0 Å². The standard InChI is InChI=1S/C19H23NO3/c1-19(2)18(22)17(15-5-3-4-6-16(15)23-19)20-12-11-13-7-9-14(21)10-8-13/h3-10,17-18,20-22H,11-12H2,1-2H3. The van der Waals surface area contributed by atoms with Gasteiger partial charge in [0.15, 0.2) is 0 Å². The van der Waals surface area contributed by atoms with E-state index in [0.717, 1.165) is 29.8 Å². The van der Waals surface area contributed by atoms with Crippen LogP contribution in [0.4, 0.5) is 0 Å². The van der Waals surface area contributed by atoms with Gasteiger partial charge in [0.1, 0.15) is 23.2 Å². The highest BCUT2D eigenvalue weighted by Crippen LogP contribution is 2.39. The van der Waals surface area contributed by atoms with Gasteiger partial charge in [-0.1, -0.05) is 30.3 Å². The minimum Gasteiger partial charge on any atom is -0.508 e. The molecule has 2 aromatic carbocycles. The molecule has 0 radical (unpaired) electrons. The maximum atomic E-state index is 10.7. The summed E-state index contributed by atoms with van der Waals surface area (Å²) in [5.41, 5.74) is 1.50. The van der Waals surface area contributed by atoms with Crippen LogP contribution in [0.15, 0.2) is 48.5 Å². The fraction of sp³-hybridized carbons (Fsp3) is 0.368. The van der Waals surface area contributed by atoms with Crippen LogP contribution < -0.4 is 10.1 Å². The molecular weight excluding hydrogens is 290 g/mol. The Balaban J connectivity index is 1.72. The first kappa shape index (κ1) is 15.8. The quantitative estimate of drug-likeness (QED) is 0.812. The summed E-state index contributed by atoms with van der Waals surface area (Å²) in [5, 5.41) is 23.4. The Morgan fingerprint density at radius 2 is 1.78 bits per heavy atom. The summed E-state index contributed by atoms with van der Waals surface area (Å²) in [6.07, 6.45) is 0.199. The monoisotopic (exact) mass is 313 g/mol. The summed E-state index contributed by atoms with van der Waals surface area (Å²) in [6, 6.07) is 14.9. The number of rotatable bonds is 4. The van der Waals surface area contributed by atoms with Crippen molar-refractivity contribution in [2.24, 2.45) is 0 Å². The Morgan fingerprint density at radius 3 is 2.52 bits per heavy atom. The molecule has 23 heavy (non-hydrogen) atoms. The lowest BCUT2D eigenvalue weighted by Gasteiger charge is -2.42. The van der Waals surface area contributed by atoms with Gasteiger partial charge in [0, 0.05) is 5.56 Å². The number of aromatic hydroxyl groups is 1. The van der Waals surface area contributed by atoms with Crippen molar-refractivity contribution in [1.29, 1.82) is 0 Å². The lowest BCUT2D eigenvalue weighted by Crippen LogP contribution is -2.52. The van der Waals surface area contributed by atoms with Crippen LogP contribution in [0.25, 0.3) is 0 Å². The van der Waals surface area contributed by atoms with E-state index in [2.05, 4.69) is 5.32 Å². The maximum absolute atomic E-state index is 10.7. The molecule has 0 aliphatic carbocycles. The Labute approximate surface area is 136 Å². The zero-order valence-corrected chi connectivity index (χ0v) is 13.5. The first-order valence-electron chi connectivity index (χ1n) is 7.95. The summed E-state index contributed by atoms with van der Waals surface area (Å²) in [7, 11) is 0. The van der Waals surface area contributed by atoms with Gasteiger partial charge < -0.3 is 20.3 Å². The number of phenols is 1. The van der Waals surface area contributed by atoms with E-state index in [9.17, 15) is 10.2 Å². The van der Waals surface area contributed by atoms with Crippen LogP contribution in [0.1, 0.15) is 31.0 Å². The van der Waals surface area contributed by atoms with Crippen molar-refractivity contribution in [3.8, 4) is 11.5 Å². The number of hydrogen-bond acceptors (Lipinski definition) is 4. The van der Waals surface area contributed by atoms with E-state index in [1.54, 1.807) is 12.1 Å². The highest BCUT2D eigenvalue weighted by molar-refractivity contribution is 5.40. The smallest absolute Gasteiger partial charge is 0.131 e. The number of fused-ring (bicyclic) bond motifs is 1.